The van der Waals surface area contributed by atoms with Gasteiger partial charge in [0.05, 0.1) is 0 Å². The number of nitrogens with two attached hydrogens (primary N) is 1. The Labute approximate surface area is 168 Å². The molecule has 1 saturated heterocycles. The van der Waals surface area contributed by atoms with Crippen molar-refractivity contribution in [2.75, 3.05) is 13.1 Å². The Bertz CT molecular complexity index is 1000. The molecule has 3 heterocycles. The van der Waals surface area contributed by atoms with Crippen LogP contribution in [0.4, 0.5) is 0 Å². The number of rotatable bonds is 4. The molecule has 1 amide bonds. The van der Waals surface area contributed by atoms with Crippen LogP contribution in [0.25, 0.3) is 10.2 Å². The van der Waals surface area contributed by atoms with Crippen molar-refractivity contribution in [3.05, 3.63) is 59.1 Å². The summed E-state index contributed by atoms with van der Waals surface area (Å²) < 4.78 is 5.94. The molecule has 0 radical (unpaired) electrons. The first-order chi connectivity index (χ1) is 13.7. The standard InChI is InChI=1S/C22H23N3O2S/c23-20-6-3-15-11-25(12-19(15)20)22(26)14-1-4-17(5-2-14)27-13-16-7-9-24-21-18(16)8-10-28-21/h1-2,4-5,7-10,15,19-20H,3,6,11-13,23H2. The highest BCUT2D eigenvalue weighted by Crippen LogP contribution is 2.37. The van der Waals surface area contributed by atoms with Crippen molar-refractivity contribution in [3.8, 4) is 5.75 Å². The lowest BCUT2D eigenvalue weighted by molar-refractivity contribution is 0.0779. The SMILES string of the molecule is NC1CCC2CN(C(=O)c3ccc(OCc4ccnc5sccc45)cc3)CC12. The second-order valence-electron chi connectivity index (χ2n) is 7.80. The largest absolute Gasteiger partial charge is 0.489 e. The third kappa shape index (κ3) is 3.16. The van der Waals surface area contributed by atoms with E-state index in [-0.39, 0.29) is 11.9 Å². The highest BCUT2D eigenvalue weighted by atomic mass is 32.1. The van der Waals surface area contributed by atoms with E-state index >= 15 is 0 Å². The molecule has 1 aliphatic carbocycles. The van der Waals surface area contributed by atoms with Gasteiger partial charge in [-0.15, -0.1) is 11.3 Å². The van der Waals surface area contributed by atoms with Crippen LogP contribution in [-0.4, -0.2) is 34.9 Å². The quantitative estimate of drug-likeness (QED) is 0.734. The first-order valence-electron chi connectivity index (χ1n) is 9.78. The van der Waals surface area contributed by atoms with Crippen molar-refractivity contribution >= 4 is 27.5 Å². The van der Waals surface area contributed by atoms with E-state index in [4.69, 9.17) is 10.5 Å². The first-order valence-corrected chi connectivity index (χ1v) is 10.7. The van der Waals surface area contributed by atoms with Crippen molar-refractivity contribution in [1.29, 1.82) is 0 Å². The minimum atomic E-state index is 0.0993. The summed E-state index contributed by atoms with van der Waals surface area (Å²) in [5.74, 6) is 1.91. The Morgan fingerprint density at radius 3 is 2.86 bits per heavy atom. The number of pyridine rings is 1. The Morgan fingerprint density at radius 2 is 2.04 bits per heavy atom. The van der Waals surface area contributed by atoms with Gasteiger partial charge in [0.2, 0.25) is 0 Å². The Morgan fingerprint density at radius 1 is 1.18 bits per heavy atom. The maximum atomic E-state index is 12.8. The van der Waals surface area contributed by atoms with Gasteiger partial charge < -0.3 is 15.4 Å². The highest BCUT2D eigenvalue weighted by Gasteiger charge is 2.42. The Kier molecular flexibility index (Phi) is 4.53. The molecule has 6 heteroatoms. The molecule has 5 rings (SSSR count). The second kappa shape index (κ2) is 7.18. The van der Waals surface area contributed by atoms with Crippen molar-refractivity contribution in [3.63, 3.8) is 0 Å². The topological polar surface area (TPSA) is 68.5 Å². The molecule has 2 N–H and O–H groups in total. The van der Waals surface area contributed by atoms with Gasteiger partial charge >= 0.3 is 0 Å². The molecule has 3 atom stereocenters. The van der Waals surface area contributed by atoms with Crippen molar-refractivity contribution in [2.24, 2.45) is 17.6 Å². The molecule has 1 aromatic carbocycles. The van der Waals surface area contributed by atoms with E-state index in [2.05, 4.69) is 11.1 Å². The van der Waals surface area contributed by atoms with Crippen LogP contribution in [0.3, 0.4) is 0 Å². The highest BCUT2D eigenvalue weighted by molar-refractivity contribution is 7.16. The molecule has 144 valence electrons. The summed E-state index contributed by atoms with van der Waals surface area (Å²) in [4.78, 5) is 20.2. The van der Waals surface area contributed by atoms with Gasteiger partial charge in [0.25, 0.3) is 5.91 Å². The molecular weight excluding hydrogens is 370 g/mol. The molecule has 5 nitrogen and oxygen atoms in total. The summed E-state index contributed by atoms with van der Waals surface area (Å²) in [7, 11) is 0. The molecule has 2 aliphatic rings. The average Bonchev–Trinajstić information content (AvgIpc) is 3.44. The normalized spacial score (nSPS) is 23.9. The van der Waals surface area contributed by atoms with E-state index in [0.29, 0.717) is 24.0 Å². The zero-order chi connectivity index (χ0) is 19.1. The van der Waals surface area contributed by atoms with Gasteiger partial charge in [0.1, 0.15) is 17.2 Å². The van der Waals surface area contributed by atoms with Gasteiger partial charge in [0, 0.05) is 41.8 Å². The molecule has 1 aliphatic heterocycles. The van der Waals surface area contributed by atoms with E-state index in [1.807, 2.05) is 46.8 Å². The summed E-state index contributed by atoms with van der Waals surface area (Å²) >= 11 is 1.63. The van der Waals surface area contributed by atoms with E-state index in [1.54, 1.807) is 11.3 Å². The summed E-state index contributed by atoms with van der Waals surface area (Å²) in [6.45, 7) is 2.12. The summed E-state index contributed by atoms with van der Waals surface area (Å²) in [5.41, 5.74) is 8.02. The molecule has 0 spiro atoms. The monoisotopic (exact) mass is 393 g/mol. The van der Waals surface area contributed by atoms with Crippen LogP contribution in [0, 0.1) is 11.8 Å². The lowest BCUT2D eigenvalue weighted by Gasteiger charge is -2.19. The number of hydrogen-bond donors (Lipinski definition) is 1. The van der Waals surface area contributed by atoms with E-state index in [0.717, 1.165) is 47.5 Å². The summed E-state index contributed by atoms with van der Waals surface area (Å²) in [6, 6.07) is 11.8. The minimum Gasteiger partial charge on any atom is -0.489 e. The van der Waals surface area contributed by atoms with Crippen LogP contribution in [0.5, 0.6) is 5.75 Å². The maximum Gasteiger partial charge on any atom is 0.253 e. The van der Waals surface area contributed by atoms with Gasteiger partial charge in [0.15, 0.2) is 0 Å². The third-order valence-corrected chi connectivity index (χ3v) is 6.97. The van der Waals surface area contributed by atoms with Crippen LogP contribution in [-0.2, 0) is 6.61 Å². The fraction of sp³-hybridized carbons (Fsp3) is 0.364. The predicted molar refractivity (Wildman–Crippen MR) is 110 cm³/mol. The summed E-state index contributed by atoms with van der Waals surface area (Å²) in [6.07, 6.45) is 4.06. The molecule has 3 aromatic rings. The molecule has 1 saturated carbocycles. The van der Waals surface area contributed by atoms with E-state index in [1.165, 1.54) is 0 Å². The van der Waals surface area contributed by atoms with Crippen LogP contribution >= 0.6 is 11.3 Å². The number of carbonyl (C=O) groups excluding carboxylic acids is 1. The van der Waals surface area contributed by atoms with Crippen molar-refractivity contribution in [2.45, 2.75) is 25.5 Å². The predicted octanol–water partition coefficient (Wildman–Crippen LogP) is 3.68. The molecule has 3 unspecified atom stereocenters. The van der Waals surface area contributed by atoms with Crippen molar-refractivity contribution < 1.29 is 9.53 Å². The number of amides is 1. The number of carbonyl (C=O) groups is 1. The number of ether oxygens (including phenoxy) is 1. The smallest absolute Gasteiger partial charge is 0.253 e. The lowest BCUT2D eigenvalue weighted by atomic mass is 9.98. The Hall–Kier alpha value is -2.44. The third-order valence-electron chi connectivity index (χ3n) is 6.15. The number of likely N-dealkylation sites (tertiary alicyclic amines) is 1. The van der Waals surface area contributed by atoms with Crippen molar-refractivity contribution in [1.82, 2.24) is 9.88 Å². The van der Waals surface area contributed by atoms with Crippen LogP contribution in [0.1, 0.15) is 28.8 Å². The fourth-order valence-electron chi connectivity index (χ4n) is 4.57. The molecule has 2 fully saturated rings. The van der Waals surface area contributed by atoms with Gasteiger partial charge in [-0.1, -0.05) is 0 Å². The molecule has 2 aromatic heterocycles. The zero-order valence-electron chi connectivity index (χ0n) is 15.6. The lowest BCUT2D eigenvalue weighted by Crippen LogP contribution is -2.33. The first kappa shape index (κ1) is 17.6. The number of hydrogen-bond acceptors (Lipinski definition) is 5. The number of aromatic nitrogens is 1. The number of benzene rings is 1. The average molecular weight is 394 g/mol. The van der Waals surface area contributed by atoms with E-state index < -0.39 is 0 Å². The summed E-state index contributed by atoms with van der Waals surface area (Å²) in [5, 5.41) is 3.18. The van der Waals surface area contributed by atoms with Crippen LogP contribution in [0.2, 0.25) is 0 Å². The molecule has 28 heavy (non-hydrogen) atoms. The number of nitrogens with zero attached hydrogens (tertiary/aromatic N) is 2. The van der Waals surface area contributed by atoms with Gasteiger partial charge in [-0.05, 0) is 66.5 Å². The Balaban J connectivity index is 1.23. The maximum absolute atomic E-state index is 12.8. The van der Waals surface area contributed by atoms with Gasteiger partial charge in [-0.2, -0.15) is 0 Å². The second-order valence-corrected chi connectivity index (χ2v) is 8.69. The molecule has 0 bridgehead atoms. The number of fused-ring (bicyclic) bond motifs is 2. The molecular formula is C22H23N3O2S. The van der Waals surface area contributed by atoms with E-state index in [9.17, 15) is 4.79 Å². The van der Waals surface area contributed by atoms with Gasteiger partial charge in [-0.25, -0.2) is 4.98 Å². The fourth-order valence-corrected chi connectivity index (χ4v) is 5.35. The number of thiophene rings is 1. The zero-order valence-corrected chi connectivity index (χ0v) is 16.4. The van der Waals surface area contributed by atoms with Crippen LogP contribution < -0.4 is 10.5 Å². The van der Waals surface area contributed by atoms with Crippen LogP contribution in [0.15, 0.2) is 48.0 Å². The minimum absolute atomic E-state index is 0.0993. The van der Waals surface area contributed by atoms with Gasteiger partial charge in [-0.3, -0.25) is 4.79 Å².